The predicted molar refractivity (Wildman–Crippen MR) is 69.5 cm³/mol. The Balaban J connectivity index is 2.04. The number of carboxylic acid groups (broad SMARTS) is 1. The van der Waals surface area contributed by atoms with Crippen LogP contribution in [0.2, 0.25) is 0 Å². The molecule has 0 bridgehead atoms. The molecular weight excluding hydrogens is 230 g/mol. The fourth-order valence-electron chi connectivity index (χ4n) is 3.64. The first-order valence-corrected chi connectivity index (χ1v) is 7.21. The molecule has 3 atom stereocenters. The fraction of sp³-hybridized carbons (Fsp3) is 0.929. The van der Waals surface area contributed by atoms with E-state index in [2.05, 4.69) is 18.7 Å². The van der Waals surface area contributed by atoms with E-state index in [1.165, 1.54) is 25.7 Å². The van der Waals surface area contributed by atoms with Gasteiger partial charge in [-0.25, -0.2) is 0 Å². The van der Waals surface area contributed by atoms with Crippen LogP contribution in [0.15, 0.2) is 0 Å². The van der Waals surface area contributed by atoms with Crippen LogP contribution in [0.3, 0.4) is 0 Å². The minimum atomic E-state index is -0.713. The molecule has 4 nitrogen and oxygen atoms in total. The van der Waals surface area contributed by atoms with Crippen molar-refractivity contribution in [2.75, 3.05) is 19.8 Å². The van der Waals surface area contributed by atoms with Crippen LogP contribution in [-0.4, -0.2) is 47.8 Å². The van der Waals surface area contributed by atoms with Crippen molar-refractivity contribution in [3.63, 3.8) is 0 Å². The van der Waals surface area contributed by atoms with Crippen LogP contribution in [-0.2, 0) is 9.53 Å². The molecule has 0 spiro atoms. The summed E-state index contributed by atoms with van der Waals surface area (Å²) in [5, 5.41) is 9.27. The van der Waals surface area contributed by atoms with Crippen LogP contribution in [0.1, 0.15) is 39.5 Å². The Morgan fingerprint density at radius 1 is 1.39 bits per heavy atom. The SMILES string of the molecule is CCN(C(C)C1CCCC1)C1COCC1C(=O)O. The lowest BCUT2D eigenvalue weighted by atomic mass is 9.93. The summed E-state index contributed by atoms with van der Waals surface area (Å²) in [4.78, 5) is 13.6. The van der Waals surface area contributed by atoms with Crippen molar-refractivity contribution in [3.05, 3.63) is 0 Å². The van der Waals surface area contributed by atoms with Gasteiger partial charge in [-0.2, -0.15) is 0 Å². The summed E-state index contributed by atoms with van der Waals surface area (Å²) in [5.74, 6) is -0.330. The van der Waals surface area contributed by atoms with Gasteiger partial charge >= 0.3 is 5.97 Å². The molecule has 0 aromatic rings. The second kappa shape index (κ2) is 6.02. The van der Waals surface area contributed by atoms with Crippen molar-refractivity contribution < 1.29 is 14.6 Å². The molecule has 0 radical (unpaired) electrons. The van der Waals surface area contributed by atoms with Gasteiger partial charge in [-0.3, -0.25) is 9.69 Å². The monoisotopic (exact) mass is 255 g/mol. The Morgan fingerprint density at radius 3 is 2.61 bits per heavy atom. The number of likely N-dealkylation sites (N-methyl/N-ethyl adjacent to an activating group) is 1. The van der Waals surface area contributed by atoms with E-state index < -0.39 is 5.97 Å². The molecular formula is C14H25NO3. The molecule has 1 heterocycles. The van der Waals surface area contributed by atoms with E-state index in [0.29, 0.717) is 19.3 Å². The summed E-state index contributed by atoms with van der Waals surface area (Å²) in [5.41, 5.74) is 0. The largest absolute Gasteiger partial charge is 0.481 e. The molecule has 104 valence electrons. The summed E-state index contributed by atoms with van der Waals surface area (Å²) in [6.45, 7) is 6.24. The number of rotatable bonds is 5. The first-order chi connectivity index (χ1) is 8.65. The third kappa shape index (κ3) is 2.69. The molecule has 18 heavy (non-hydrogen) atoms. The number of ether oxygens (including phenoxy) is 1. The quantitative estimate of drug-likeness (QED) is 0.816. The average molecular weight is 255 g/mol. The maximum absolute atomic E-state index is 11.3. The van der Waals surface area contributed by atoms with Gasteiger partial charge in [-0.1, -0.05) is 19.8 Å². The number of aliphatic carboxylic acids is 1. The number of hydrogen-bond acceptors (Lipinski definition) is 3. The van der Waals surface area contributed by atoms with E-state index in [1.807, 2.05) is 0 Å². The van der Waals surface area contributed by atoms with Crippen molar-refractivity contribution in [2.45, 2.75) is 51.6 Å². The number of hydrogen-bond donors (Lipinski definition) is 1. The molecule has 0 aromatic carbocycles. The minimum Gasteiger partial charge on any atom is -0.481 e. The van der Waals surface area contributed by atoms with Gasteiger partial charge in [0.25, 0.3) is 0 Å². The summed E-state index contributed by atoms with van der Waals surface area (Å²) in [6.07, 6.45) is 5.25. The zero-order valence-electron chi connectivity index (χ0n) is 11.5. The maximum Gasteiger partial charge on any atom is 0.310 e. The molecule has 1 aliphatic heterocycles. The first-order valence-electron chi connectivity index (χ1n) is 7.21. The van der Waals surface area contributed by atoms with E-state index >= 15 is 0 Å². The van der Waals surface area contributed by atoms with Crippen LogP contribution < -0.4 is 0 Å². The van der Waals surface area contributed by atoms with Crippen molar-refractivity contribution in [2.24, 2.45) is 11.8 Å². The summed E-state index contributed by atoms with van der Waals surface area (Å²) in [6, 6.07) is 0.536. The highest BCUT2D eigenvalue weighted by Crippen LogP contribution is 2.33. The van der Waals surface area contributed by atoms with Crippen LogP contribution in [0.25, 0.3) is 0 Å². The molecule has 0 aromatic heterocycles. The average Bonchev–Trinajstić information content (AvgIpc) is 3.00. The van der Waals surface area contributed by atoms with Gasteiger partial charge in [0.1, 0.15) is 0 Å². The summed E-state index contributed by atoms with van der Waals surface area (Å²) >= 11 is 0. The van der Waals surface area contributed by atoms with E-state index in [0.717, 1.165) is 12.5 Å². The van der Waals surface area contributed by atoms with Gasteiger partial charge in [0, 0.05) is 12.1 Å². The normalized spacial score (nSPS) is 31.1. The Morgan fingerprint density at radius 2 is 2.06 bits per heavy atom. The molecule has 2 rings (SSSR count). The Bertz CT molecular complexity index is 289. The fourth-order valence-corrected chi connectivity index (χ4v) is 3.64. The Labute approximate surface area is 109 Å². The lowest BCUT2D eigenvalue weighted by Crippen LogP contribution is -2.49. The topological polar surface area (TPSA) is 49.8 Å². The first kappa shape index (κ1) is 13.8. The molecule has 2 aliphatic rings. The number of carbonyl (C=O) groups is 1. The highest BCUT2D eigenvalue weighted by Gasteiger charge is 2.40. The molecule has 0 amide bonds. The number of nitrogens with zero attached hydrogens (tertiary/aromatic N) is 1. The van der Waals surface area contributed by atoms with Crippen LogP contribution in [0, 0.1) is 11.8 Å². The molecule has 2 fully saturated rings. The molecule has 1 saturated carbocycles. The molecule has 3 unspecified atom stereocenters. The highest BCUT2D eigenvalue weighted by atomic mass is 16.5. The van der Waals surface area contributed by atoms with Gasteiger partial charge in [0.2, 0.25) is 0 Å². The van der Waals surface area contributed by atoms with Gasteiger partial charge in [0.15, 0.2) is 0 Å². The smallest absolute Gasteiger partial charge is 0.310 e. The van der Waals surface area contributed by atoms with E-state index in [1.54, 1.807) is 0 Å². The van der Waals surface area contributed by atoms with Crippen molar-refractivity contribution in [1.29, 1.82) is 0 Å². The van der Waals surface area contributed by atoms with Crippen molar-refractivity contribution >= 4 is 5.97 Å². The molecule has 1 saturated heterocycles. The lowest BCUT2D eigenvalue weighted by Gasteiger charge is -2.37. The second-order valence-corrected chi connectivity index (χ2v) is 5.67. The predicted octanol–water partition coefficient (Wildman–Crippen LogP) is 1.99. The van der Waals surface area contributed by atoms with Gasteiger partial charge in [-0.15, -0.1) is 0 Å². The highest BCUT2D eigenvalue weighted by molar-refractivity contribution is 5.71. The third-order valence-electron chi connectivity index (χ3n) is 4.76. The van der Waals surface area contributed by atoms with Crippen LogP contribution >= 0.6 is 0 Å². The maximum atomic E-state index is 11.3. The Kier molecular flexibility index (Phi) is 4.62. The number of carboxylic acids is 1. The van der Waals surface area contributed by atoms with Gasteiger partial charge in [-0.05, 0) is 32.2 Å². The van der Waals surface area contributed by atoms with Gasteiger partial charge < -0.3 is 9.84 Å². The standard InChI is InChI=1S/C14H25NO3/c1-3-15(10(2)11-6-4-5-7-11)13-9-18-8-12(13)14(16)17/h10-13H,3-9H2,1-2H3,(H,16,17). The zero-order chi connectivity index (χ0) is 13.1. The van der Waals surface area contributed by atoms with E-state index in [4.69, 9.17) is 4.74 Å². The van der Waals surface area contributed by atoms with Crippen molar-refractivity contribution in [1.82, 2.24) is 4.90 Å². The second-order valence-electron chi connectivity index (χ2n) is 5.67. The molecule has 1 N–H and O–H groups in total. The van der Waals surface area contributed by atoms with Crippen molar-refractivity contribution in [3.8, 4) is 0 Å². The summed E-state index contributed by atoms with van der Waals surface area (Å²) in [7, 11) is 0. The third-order valence-corrected chi connectivity index (χ3v) is 4.76. The molecule has 1 aliphatic carbocycles. The zero-order valence-corrected chi connectivity index (χ0v) is 11.5. The van der Waals surface area contributed by atoms with E-state index in [-0.39, 0.29) is 12.0 Å². The lowest BCUT2D eigenvalue weighted by molar-refractivity contribution is -0.143. The van der Waals surface area contributed by atoms with Crippen LogP contribution in [0.4, 0.5) is 0 Å². The summed E-state index contributed by atoms with van der Waals surface area (Å²) < 4.78 is 5.40. The van der Waals surface area contributed by atoms with Gasteiger partial charge in [0.05, 0.1) is 19.1 Å². The van der Waals surface area contributed by atoms with E-state index in [9.17, 15) is 9.90 Å². The Hall–Kier alpha value is -0.610. The van der Waals surface area contributed by atoms with Crippen LogP contribution in [0.5, 0.6) is 0 Å². The molecule has 4 heteroatoms. The minimum absolute atomic E-state index is 0.0584.